The summed E-state index contributed by atoms with van der Waals surface area (Å²) in [4.78, 5) is 31.5. The maximum Gasteiger partial charge on any atom is 0.269 e. The van der Waals surface area contributed by atoms with E-state index in [9.17, 15) is 14.9 Å². The fourth-order valence-corrected chi connectivity index (χ4v) is 4.55. The number of rotatable bonds is 4. The number of fused-ring (bicyclic) bond motifs is 1. The molecule has 0 saturated carbocycles. The van der Waals surface area contributed by atoms with Crippen LogP contribution >= 0.6 is 22.9 Å². The summed E-state index contributed by atoms with van der Waals surface area (Å²) in [6.07, 6.45) is 3.19. The van der Waals surface area contributed by atoms with Crippen LogP contribution in [0.1, 0.15) is 11.1 Å². The molecule has 0 aliphatic carbocycles. The van der Waals surface area contributed by atoms with E-state index in [-0.39, 0.29) is 11.6 Å². The Kier molecular flexibility index (Phi) is 5.69. The first-order valence-electron chi connectivity index (χ1n) is 9.44. The molecule has 1 aliphatic rings. The molecule has 0 radical (unpaired) electrons. The molecule has 0 bridgehead atoms. The summed E-state index contributed by atoms with van der Waals surface area (Å²) in [7, 11) is 0. The van der Waals surface area contributed by atoms with Crippen LogP contribution in [0.15, 0.2) is 42.5 Å². The van der Waals surface area contributed by atoms with E-state index in [1.54, 1.807) is 34.4 Å². The highest BCUT2D eigenvalue weighted by Gasteiger charge is 2.22. The second-order valence-electron chi connectivity index (χ2n) is 7.01. The minimum atomic E-state index is -0.445. The normalized spacial score (nSPS) is 14.6. The Morgan fingerprint density at radius 1 is 1.17 bits per heavy atom. The number of nitro benzene ring substituents is 1. The number of carbonyl (C=O) groups is 1. The molecule has 30 heavy (non-hydrogen) atoms. The van der Waals surface area contributed by atoms with Crippen molar-refractivity contribution in [1.82, 2.24) is 9.88 Å². The van der Waals surface area contributed by atoms with Crippen LogP contribution in [-0.4, -0.2) is 46.9 Å². The third-order valence-corrected chi connectivity index (χ3v) is 6.61. The maximum atomic E-state index is 12.5. The Bertz CT molecular complexity index is 1140. The maximum absolute atomic E-state index is 12.5. The van der Waals surface area contributed by atoms with E-state index in [4.69, 9.17) is 16.6 Å². The lowest BCUT2D eigenvalue weighted by atomic mass is 10.2. The number of halogens is 1. The third kappa shape index (κ3) is 4.15. The molecule has 1 amide bonds. The van der Waals surface area contributed by atoms with Gasteiger partial charge < -0.3 is 9.80 Å². The molecule has 0 atom stereocenters. The molecule has 154 valence electrons. The topological polar surface area (TPSA) is 79.6 Å². The minimum Gasteiger partial charge on any atom is -0.345 e. The number of aryl methyl sites for hydroxylation is 1. The number of non-ortho nitro benzene ring substituents is 1. The molecular formula is C21H19ClN4O3S. The third-order valence-electron chi connectivity index (χ3n) is 5.12. The first kappa shape index (κ1) is 20.3. The summed E-state index contributed by atoms with van der Waals surface area (Å²) >= 11 is 7.84. The van der Waals surface area contributed by atoms with Gasteiger partial charge in [0.2, 0.25) is 5.91 Å². The summed E-state index contributed by atoms with van der Waals surface area (Å²) in [6, 6.07) is 10.00. The van der Waals surface area contributed by atoms with Crippen LogP contribution in [0.5, 0.6) is 0 Å². The van der Waals surface area contributed by atoms with Crippen LogP contribution in [0.2, 0.25) is 5.02 Å². The van der Waals surface area contributed by atoms with Crippen molar-refractivity contribution in [2.45, 2.75) is 6.92 Å². The number of amides is 1. The van der Waals surface area contributed by atoms with Gasteiger partial charge in [0.15, 0.2) is 5.13 Å². The summed E-state index contributed by atoms with van der Waals surface area (Å²) in [5.74, 6) is -0.0695. The number of nitrogens with zero attached hydrogens (tertiary/aromatic N) is 4. The van der Waals surface area contributed by atoms with Gasteiger partial charge in [-0.15, -0.1) is 0 Å². The van der Waals surface area contributed by atoms with Crippen molar-refractivity contribution in [3.63, 3.8) is 0 Å². The Labute approximate surface area is 182 Å². The van der Waals surface area contributed by atoms with Gasteiger partial charge in [-0.05, 0) is 48.4 Å². The molecule has 2 heterocycles. The number of nitro groups is 1. The van der Waals surface area contributed by atoms with Crippen LogP contribution in [0.25, 0.3) is 16.3 Å². The zero-order valence-electron chi connectivity index (χ0n) is 16.2. The lowest BCUT2D eigenvalue weighted by Crippen LogP contribution is -2.48. The highest BCUT2D eigenvalue weighted by molar-refractivity contribution is 7.22. The molecule has 3 aromatic rings. The molecule has 1 fully saturated rings. The van der Waals surface area contributed by atoms with E-state index in [2.05, 4.69) is 4.90 Å². The number of anilines is 1. The predicted molar refractivity (Wildman–Crippen MR) is 120 cm³/mol. The Balaban J connectivity index is 1.37. The molecule has 1 aliphatic heterocycles. The van der Waals surface area contributed by atoms with E-state index in [0.717, 1.165) is 31.5 Å². The van der Waals surface area contributed by atoms with Crippen LogP contribution in [0, 0.1) is 17.0 Å². The highest BCUT2D eigenvalue weighted by Crippen LogP contribution is 2.33. The van der Waals surface area contributed by atoms with Crippen molar-refractivity contribution in [1.29, 1.82) is 0 Å². The quantitative estimate of drug-likeness (QED) is 0.337. The lowest BCUT2D eigenvalue weighted by molar-refractivity contribution is -0.384. The molecule has 4 rings (SSSR count). The van der Waals surface area contributed by atoms with Gasteiger partial charge in [-0.2, -0.15) is 0 Å². The first-order chi connectivity index (χ1) is 14.4. The second-order valence-corrected chi connectivity index (χ2v) is 8.43. The second kappa shape index (κ2) is 8.41. The summed E-state index contributed by atoms with van der Waals surface area (Å²) in [5, 5.41) is 12.4. The number of thiazole rings is 1. The van der Waals surface area contributed by atoms with Gasteiger partial charge in [-0.1, -0.05) is 22.9 Å². The number of hydrogen-bond donors (Lipinski definition) is 0. The van der Waals surface area contributed by atoms with Crippen LogP contribution in [0.3, 0.4) is 0 Å². The molecule has 0 N–H and O–H groups in total. The fraction of sp³-hybridized carbons (Fsp3) is 0.238. The van der Waals surface area contributed by atoms with Crippen LogP contribution in [-0.2, 0) is 4.79 Å². The number of piperazine rings is 1. The van der Waals surface area contributed by atoms with Gasteiger partial charge in [0.25, 0.3) is 5.69 Å². The molecule has 0 spiro atoms. The summed E-state index contributed by atoms with van der Waals surface area (Å²) in [6.45, 7) is 4.62. The van der Waals surface area contributed by atoms with E-state index in [1.165, 1.54) is 18.2 Å². The van der Waals surface area contributed by atoms with Crippen molar-refractivity contribution < 1.29 is 9.72 Å². The zero-order valence-corrected chi connectivity index (χ0v) is 17.8. The average molecular weight is 443 g/mol. The van der Waals surface area contributed by atoms with Gasteiger partial charge in [0, 0.05) is 49.4 Å². The van der Waals surface area contributed by atoms with Crippen molar-refractivity contribution in [2.24, 2.45) is 0 Å². The molecular weight excluding hydrogens is 424 g/mol. The standard InChI is InChI=1S/C21H19ClN4O3S/c1-14-17(22)7-8-18-20(14)23-21(30-18)25-12-10-24(11-13-25)19(27)9-4-15-2-5-16(6-3-15)26(28)29/h2-9H,10-13H2,1H3/b9-4+. The van der Waals surface area contributed by atoms with E-state index in [0.29, 0.717) is 26.2 Å². The lowest BCUT2D eigenvalue weighted by Gasteiger charge is -2.34. The smallest absolute Gasteiger partial charge is 0.269 e. The monoisotopic (exact) mass is 442 g/mol. The van der Waals surface area contributed by atoms with Crippen molar-refractivity contribution in [2.75, 3.05) is 31.1 Å². The highest BCUT2D eigenvalue weighted by atomic mass is 35.5. The Hall–Kier alpha value is -2.97. The molecule has 7 nitrogen and oxygen atoms in total. The first-order valence-corrected chi connectivity index (χ1v) is 10.6. The van der Waals surface area contributed by atoms with Crippen molar-refractivity contribution in [3.05, 3.63) is 68.7 Å². The molecule has 0 unspecified atom stereocenters. The predicted octanol–water partition coefficient (Wildman–Crippen LogP) is 4.53. The minimum absolute atomic E-state index is 0.0295. The van der Waals surface area contributed by atoms with Crippen molar-refractivity contribution >= 4 is 56.0 Å². The molecule has 9 heteroatoms. The van der Waals surface area contributed by atoms with Crippen LogP contribution < -0.4 is 4.90 Å². The van der Waals surface area contributed by atoms with Crippen LogP contribution in [0.4, 0.5) is 10.8 Å². The Morgan fingerprint density at radius 3 is 2.53 bits per heavy atom. The van der Waals surface area contributed by atoms with E-state index >= 15 is 0 Å². The van der Waals surface area contributed by atoms with E-state index in [1.807, 2.05) is 19.1 Å². The number of carbonyl (C=O) groups excluding carboxylic acids is 1. The Morgan fingerprint density at radius 2 is 1.87 bits per heavy atom. The van der Waals surface area contributed by atoms with Gasteiger partial charge >= 0.3 is 0 Å². The number of aromatic nitrogens is 1. The molecule has 2 aromatic carbocycles. The fourth-order valence-electron chi connectivity index (χ4n) is 3.32. The van der Waals surface area contributed by atoms with Crippen molar-refractivity contribution in [3.8, 4) is 0 Å². The van der Waals surface area contributed by atoms with E-state index < -0.39 is 4.92 Å². The zero-order chi connectivity index (χ0) is 21.3. The van der Waals surface area contributed by atoms with Gasteiger partial charge in [-0.3, -0.25) is 14.9 Å². The SMILES string of the molecule is Cc1c(Cl)ccc2sc(N3CCN(C(=O)/C=C/c4ccc([N+](=O)[O-])cc4)CC3)nc12. The molecule has 1 saturated heterocycles. The van der Waals surface area contributed by atoms with Gasteiger partial charge in [-0.25, -0.2) is 4.98 Å². The largest absolute Gasteiger partial charge is 0.345 e. The number of hydrogen-bond acceptors (Lipinski definition) is 6. The number of benzene rings is 2. The average Bonchev–Trinajstić information content (AvgIpc) is 3.20. The van der Waals surface area contributed by atoms with Gasteiger partial charge in [0.05, 0.1) is 15.1 Å². The summed E-state index contributed by atoms with van der Waals surface area (Å²) in [5.41, 5.74) is 2.70. The summed E-state index contributed by atoms with van der Waals surface area (Å²) < 4.78 is 1.11. The molecule has 1 aromatic heterocycles. The van der Waals surface area contributed by atoms with Gasteiger partial charge in [0.1, 0.15) is 0 Å².